The smallest absolute Gasteiger partial charge is 0.248 e. The molecule has 1 amide bonds. The van der Waals surface area contributed by atoms with Crippen LogP contribution >= 0.6 is 0 Å². The number of carbonyl (C=O) groups excluding carboxylic acids is 1. The molecule has 126 valence electrons. The second-order valence-electron chi connectivity index (χ2n) is 5.45. The Hall–Kier alpha value is -2.75. The predicted octanol–water partition coefficient (Wildman–Crippen LogP) is 4.44. The molecule has 0 unspecified atom stereocenters. The van der Waals surface area contributed by atoms with Crippen molar-refractivity contribution in [3.05, 3.63) is 59.7 Å². The number of benzene rings is 2. The molecule has 0 spiro atoms. The molecule has 1 N–H and O–H groups in total. The van der Waals surface area contributed by atoms with E-state index in [2.05, 4.69) is 12.2 Å². The largest absolute Gasteiger partial charge is 0.493 e. The molecule has 0 saturated carbocycles. The molecule has 4 heteroatoms. The van der Waals surface area contributed by atoms with E-state index in [0.717, 1.165) is 23.2 Å². The van der Waals surface area contributed by atoms with E-state index in [-0.39, 0.29) is 5.91 Å². The standard InChI is InChI=1S/C20H23NO3/c1-4-13-24-18-11-7-16(14-19(18)23-3)8-12-20(22)21-17-9-5-15(2)6-10-17/h5-12,14H,4,13H2,1-3H3,(H,21,22). The number of methoxy groups -OCH3 is 1. The third kappa shape index (κ3) is 5.16. The molecule has 2 aromatic rings. The zero-order valence-electron chi connectivity index (χ0n) is 14.3. The fraction of sp³-hybridized carbons (Fsp3) is 0.250. The van der Waals surface area contributed by atoms with E-state index in [9.17, 15) is 4.79 Å². The summed E-state index contributed by atoms with van der Waals surface area (Å²) in [7, 11) is 1.60. The van der Waals surface area contributed by atoms with Crippen LogP contribution in [-0.2, 0) is 4.79 Å². The van der Waals surface area contributed by atoms with E-state index in [0.29, 0.717) is 18.1 Å². The van der Waals surface area contributed by atoms with Gasteiger partial charge in [-0.3, -0.25) is 4.79 Å². The summed E-state index contributed by atoms with van der Waals surface area (Å²) in [6.45, 7) is 4.70. The van der Waals surface area contributed by atoms with Crippen LogP contribution in [0, 0.1) is 6.92 Å². The molecule has 0 heterocycles. The van der Waals surface area contributed by atoms with Crippen LogP contribution in [0.4, 0.5) is 5.69 Å². The summed E-state index contributed by atoms with van der Waals surface area (Å²) in [5.74, 6) is 1.19. The van der Waals surface area contributed by atoms with Gasteiger partial charge in [0.15, 0.2) is 11.5 Å². The molecule has 0 radical (unpaired) electrons. The highest BCUT2D eigenvalue weighted by Crippen LogP contribution is 2.28. The highest BCUT2D eigenvalue weighted by atomic mass is 16.5. The Morgan fingerprint density at radius 3 is 2.54 bits per heavy atom. The quantitative estimate of drug-likeness (QED) is 0.765. The highest BCUT2D eigenvalue weighted by molar-refractivity contribution is 6.01. The highest BCUT2D eigenvalue weighted by Gasteiger charge is 2.05. The normalized spacial score (nSPS) is 10.6. The maximum atomic E-state index is 12.0. The second kappa shape index (κ2) is 8.77. The first kappa shape index (κ1) is 17.6. The van der Waals surface area contributed by atoms with E-state index >= 15 is 0 Å². The molecule has 0 fully saturated rings. The number of carbonyl (C=O) groups is 1. The zero-order valence-corrected chi connectivity index (χ0v) is 14.3. The Labute approximate surface area is 143 Å². The molecular formula is C20H23NO3. The fourth-order valence-electron chi connectivity index (χ4n) is 2.11. The van der Waals surface area contributed by atoms with Crippen LogP contribution in [0.3, 0.4) is 0 Å². The lowest BCUT2D eigenvalue weighted by atomic mass is 10.2. The number of rotatable bonds is 7. The maximum Gasteiger partial charge on any atom is 0.248 e. The fourth-order valence-corrected chi connectivity index (χ4v) is 2.11. The van der Waals surface area contributed by atoms with E-state index in [1.165, 1.54) is 6.08 Å². The molecule has 4 nitrogen and oxygen atoms in total. The van der Waals surface area contributed by atoms with Crippen LogP contribution in [0.2, 0.25) is 0 Å². The number of hydrogen-bond acceptors (Lipinski definition) is 3. The molecule has 0 saturated heterocycles. The average molecular weight is 325 g/mol. The Balaban J connectivity index is 2.02. The molecule has 0 aliphatic carbocycles. The van der Waals surface area contributed by atoms with Gasteiger partial charge in [-0.25, -0.2) is 0 Å². The molecule has 0 atom stereocenters. The number of ether oxygens (including phenoxy) is 2. The lowest BCUT2D eigenvalue weighted by molar-refractivity contribution is -0.111. The topological polar surface area (TPSA) is 47.6 Å². The Morgan fingerprint density at radius 1 is 1.12 bits per heavy atom. The van der Waals surface area contributed by atoms with Crippen molar-refractivity contribution in [3.63, 3.8) is 0 Å². The molecular weight excluding hydrogens is 302 g/mol. The van der Waals surface area contributed by atoms with Gasteiger partial charge in [-0.05, 0) is 49.2 Å². The third-order valence-electron chi connectivity index (χ3n) is 3.40. The van der Waals surface area contributed by atoms with Gasteiger partial charge in [-0.15, -0.1) is 0 Å². The van der Waals surface area contributed by atoms with Crippen LogP contribution < -0.4 is 14.8 Å². The van der Waals surface area contributed by atoms with Gasteiger partial charge in [0.05, 0.1) is 13.7 Å². The number of aryl methyl sites for hydroxylation is 1. The van der Waals surface area contributed by atoms with Gasteiger partial charge in [-0.1, -0.05) is 30.7 Å². The Kier molecular flexibility index (Phi) is 6.43. The van der Waals surface area contributed by atoms with Gasteiger partial charge >= 0.3 is 0 Å². The van der Waals surface area contributed by atoms with Gasteiger partial charge in [0, 0.05) is 11.8 Å². The van der Waals surface area contributed by atoms with Gasteiger partial charge in [0.25, 0.3) is 0 Å². The van der Waals surface area contributed by atoms with Crippen LogP contribution in [0.15, 0.2) is 48.5 Å². The minimum Gasteiger partial charge on any atom is -0.493 e. The monoisotopic (exact) mass is 325 g/mol. The van der Waals surface area contributed by atoms with Crippen LogP contribution in [0.1, 0.15) is 24.5 Å². The molecule has 0 bridgehead atoms. The molecule has 2 rings (SSSR count). The average Bonchev–Trinajstić information content (AvgIpc) is 2.60. The Bertz CT molecular complexity index is 705. The second-order valence-corrected chi connectivity index (χ2v) is 5.45. The van der Waals surface area contributed by atoms with Crippen molar-refractivity contribution in [2.24, 2.45) is 0 Å². The lowest BCUT2D eigenvalue weighted by Gasteiger charge is -2.10. The van der Waals surface area contributed by atoms with Gasteiger partial charge in [-0.2, -0.15) is 0 Å². The van der Waals surface area contributed by atoms with Crippen molar-refractivity contribution in [1.29, 1.82) is 0 Å². The molecule has 0 aliphatic rings. The maximum absolute atomic E-state index is 12.0. The Morgan fingerprint density at radius 2 is 1.88 bits per heavy atom. The number of nitrogens with one attached hydrogen (secondary N) is 1. The predicted molar refractivity (Wildman–Crippen MR) is 97.6 cm³/mol. The number of anilines is 1. The summed E-state index contributed by atoms with van der Waals surface area (Å²) in [6.07, 6.45) is 4.18. The van der Waals surface area contributed by atoms with Crippen LogP contribution in [-0.4, -0.2) is 19.6 Å². The summed E-state index contributed by atoms with van der Waals surface area (Å²) in [6, 6.07) is 13.3. The summed E-state index contributed by atoms with van der Waals surface area (Å²) >= 11 is 0. The van der Waals surface area contributed by atoms with Crippen molar-refractivity contribution in [2.45, 2.75) is 20.3 Å². The van der Waals surface area contributed by atoms with E-state index < -0.39 is 0 Å². The minimum absolute atomic E-state index is 0.177. The zero-order chi connectivity index (χ0) is 17.4. The van der Waals surface area contributed by atoms with Gasteiger partial charge in [0.2, 0.25) is 5.91 Å². The summed E-state index contributed by atoms with van der Waals surface area (Å²) in [5.41, 5.74) is 2.80. The van der Waals surface area contributed by atoms with Crippen molar-refractivity contribution >= 4 is 17.7 Å². The minimum atomic E-state index is -0.177. The third-order valence-corrected chi connectivity index (χ3v) is 3.40. The summed E-state index contributed by atoms with van der Waals surface area (Å²) < 4.78 is 11.0. The molecule has 0 aliphatic heterocycles. The van der Waals surface area contributed by atoms with Crippen molar-refractivity contribution in [3.8, 4) is 11.5 Å². The van der Waals surface area contributed by atoms with E-state index in [4.69, 9.17) is 9.47 Å². The van der Waals surface area contributed by atoms with Crippen LogP contribution in [0.25, 0.3) is 6.08 Å². The first-order chi connectivity index (χ1) is 11.6. The molecule has 2 aromatic carbocycles. The first-order valence-corrected chi connectivity index (χ1v) is 7.99. The van der Waals surface area contributed by atoms with E-state index in [1.54, 1.807) is 13.2 Å². The van der Waals surface area contributed by atoms with E-state index in [1.807, 2.05) is 49.4 Å². The van der Waals surface area contributed by atoms with Crippen molar-refractivity contribution in [1.82, 2.24) is 0 Å². The van der Waals surface area contributed by atoms with Gasteiger partial charge < -0.3 is 14.8 Å². The summed E-state index contributed by atoms with van der Waals surface area (Å²) in [4.78, 5) is 12.0. The number of amides is 1. The number of hydrogen-bond donors (Lipinski definition) is 1. The van der Waals surface area contributed by atoms with Crippen LogP contribution in [0.5, 0.6) is 11.5 Å². The summed E-state index contributed by atoms with van der Waals surface area (Å²) in [5, 5.41) is 2.83. The molecule has 24 heavy (non-hydrogen) atoms. The first-order valence-electron chi connectivity index (χ1n) is 7.99. The van der Waals surface area contributed by atoms with Crippen molar-refractivity contribution < 1.29 is 14.3 Å². The lowest BCUT2D eigenvalue weighted by Crippen LogP contribution is -2.07. The van der Waals surface area contributed by atoms with Crippen molar-refractivity contribution in [2.75, 3.05) is 19.0 Å². The SMILES string of the molecule is CCCOc1ccc(C=CC(=O)Nc2ccc(C)cc2)cc1OC. The van der Waals surface area contributed by atoms with Gasteiger partial charge in [0.1, 0.15) is 0 Å². The molecule has 0 aromatic heterocycles.